The first kappa shape index (κ1) is 25.6. The lowest BCUT2D eigenvalue weighted by molar-refractivity contribution is -0.149. The first-order chi connectivity index (χ1) is 17.4. The minimum atomic E-state index is -0.311. The van der Waals surface area contributed by atoms with Crippen LogP contribution in [-0.4, -0.2) is 46.4 Å². The smallest absolute Gasteiger partial charge is 0.310 e. The molecule has 0 N–H and O–H groups in total. The molecular formula is C28H32FN3O4. The summed E-state index contributed by atoms with van der Waals surface area (Å²) in [7, 11) is 0. The molecule has 0 bridgehead atoms. The average Bonchev–Trinajstić information content (AvgIpc) is 3.35. The first-order valence-corrected chi connectivity index (χ1v) is 12.3. The first-order valence-electron chi connectivity index (χ1n) is 12.3. The van der Waals surface area contributed by atoms with Crippen molar-refractivity contribution in [1.29, 1.82) is 0 Å². The Bertz CT molecular complexity index is 1180. The lowest BCUT2D eigenvalue weighted by Gasteiger charge is -2.30. The quantitative estimate of drug-likeness (QED) is 0.401. The van der Waals surface area contributed by atoms with E-state index in [2.05, 4.69) is 28.9 Å². The van der Waals surface area contributed by atoms with E-state index in [1.165, 1.54) is 29.5 Å². The van der Waals surface area contributed by atoms with Crippen molar-refractivity contribution in [3.8, 4) is 0 Å². The number of aromatic nitrogens is 1. The maximum Gasteiger partial charge on any atom is 0.310 e. The van der Waals surface area contributed by atoms with E-state index in [9.17, 15) is 14.0 Å². The molecule has 190 valence electrons. The number of amides is 1. The summed E-state index contributed by atoms with van der Waals surface area (Å²) in [5, 5.41) is 0. The number of likely N-dealkylation sites (tertiary alicyclic amines) is 1. The third-order valence-corrected chi connectivity index (χ3v) is 6.43. The zero-order valence-electron chi connectivity index (χ0n) is 20.8. The minimum Gasteiger partial charge on any atom is -0.466 e. The van der Waals surface area contributed by atoms with E-state index in [-0.39, 0.29) is 29.3 Å². The van der Waals surface area contributed by atoms with Crippen LogP contribution in [0.1, 0.15) is 52.8 Å². The van der Waals surface area contributed by atoms with E-state index in [4.69, 9.17) is 9.15 Å². The molecule has 1 amide bonds. The number of ether oxygens (including phenoxy) is 1. The number of aryl methyl sites for hydroxylation is 1. The van der Waals surface area contributed by atoms with Gasteiger partial charge in [0, 0.05) is 26.2 Å². The van der Waals surface area contributed by atoms with Crippen molar-refractivity contribution >= 4 is 11.9 Å². The molecule has 7 nitrogen and oxygen atoms in total. The van der Waals surface area contributed by atoms with E-state index in [1.807, 2.05) is 12.1 Å². The number of hydrogen-bond acceptors (Lipinski definition) is 6. The normalized spacial score (nSPS) is 15.8. The van der Waals surface area contributed by atoms with E-state index in [1.54, 1.807) is 24.0 Å². The van der Waals surface area contributed by atoms with Gasteiger partial charge >= 0.3 is 5.97 Å². The Morgan fingerprint density at radius 2 is 1.92 bits per heavy atom. The number of benzene rings is 2. The predicted molar refractivity (Wildman–Crippen MR) is 132 cm³/mol. The van der Waals surface area contributed by atoms with Gasteiger partial charge in [-0.3, -0.25) is 14.5 Å². The summed E-state index contributed by atoms with van der Waals surface area (Å²) in [6.07, 6.45) is 2.83. The van der Waals surface area contributed by atoms with Crippen molar-refractivity contribution in [2.24, 2.45) is 5.92 Å². The fraction of sp³-hybridized carbons (Fsp3) is 0.393. The molecule has 3 aromatic rings. The Balaban J connectivity index is 1.46. The summed E-state index contributed by atoms with van der Waals surface area (Å²) < 4.78 is 24.2. The van der Waals surface area contributed by atoms with Gasteiger partial charge in [0.1, 0.15) is 12.1 Å². The predicted octanol–water partition coefficient (Wildman–Crippen LogP) is 4.74. The van der Waals surface area contributed by atoms with Gasteiger partial charge in [0.15, 0.2) is 5.69 Å². The van der Waals surface area contributed by atoms with Crippen LogP contribution in [0.4, 0.5) is 4.39 Å². The molecular weight excluding hydrogens is 461 g/mol. The van der Waals surface area contributed by atoms with Crippen LogP contribution in [0.5, 0.6) is 0 Å². The minimum absolute atomic E-state index is 0.229. The lowest BCUT2D eigenvalue weighted by atomic mass is 9.98. The zero-order chi connectivity index (χ0) is 25.5. The Labute approximate surface area is 210 Å². The van der Waals surface area contributed by atoms with Gasteiger partial charge in [-0.1, -0.05) is 36.4 Å². The van der Waals surface area contributed by atoms with Gasteiger partial charge < -0.3 is 14.1 Å². The lowest BCUT2D eigenvalue weighted by Crippen LogP contribution is -2.43. The molecule has 4 rings (SSSR count). The second-order valence-corrected chi connectivity index (χ2v) is 9.17. The molecule has 0 saturated carbocycles. The van der Waals surface area contributed by atoms with Crippen molar-refractivity contribution in [3.63, 3.8) is 0 Å². The number of rotatable bonds is 9. The standard InChI is InChI=1S/C28H32FN3O4/c1-3-35-28(34)23-9-6-14-32(17-23)27(33)25-19-36-26(30-25)18-31(15-21-10-12-24(29)13-11-21)16-22-8-5-4-7-20(22)2/h4-5,7-8,10-13,19,23H,3,6,9,14-18H2,1-2H3/t23-/m1/s1. The third-order valence-electron chi connectivity index (χ3n) is 6.43. The summed E-state index contributed by atoms with van der Waals surface area (Å²) in [5.41, 5.74) is 3.53. The van der Waals surface area contributed by atoms with Crippen molar-refractivity contribution in [2.75, 3.05) is 19.7 Å². The van der Waals surface area contributed by atoms with Crippen LogP contribution in [-0.2, 0) is 29.2 Å². The molecule has 0 radical (unpaired) electrons. The van der Waals surface area contributed by atoms with Crippen LogP contribution >= 0.6 is 0 Å². The monoisotopic (exact) mass is 493 g/mol. The van der Waals surface area contributed by atoms with E-state index < -0.39 is 0 Å². The Hall–Kier alpha value is -3.52. The van der Waals surface area contributed by atoms with Crippen LogP contribution in [0.2, 0.25) is 0 Å². The summed E-state index contributed by atoms with van der Waals surface area (Å²) >= 11 is 0. The van der Waals surface area contributed by atoms with Gasteiger partial charge in [-0.25, -0.2) is 9.37 Å². The van der Waals surface area contributed by atoms with Gasteiger partial charge in [0.25, 0.3) is 5.91 Å². The van der Waals surface area contributed by atoms with Gasteiger partial charge in [-0.2, -0.15) is 0 Å². The molecule has 8 heteroatoms. The molecule has 1 aromatic heterocycles. The van der Waals surface area contributed by atoms with E-state index in [0.717, 1.165) is 12.0 Å². The fourth-order valence-electron chi connectivity index (χ4n) is 4.49. The highest BCUT2D eigenvalue weighted by atomic mass is 19.1. The molecule has 2 aromatic carbocycles. The Morgan fingerprint density at radius 1 is 1.14 bits per heavy atom. The summed E-state index contributed by atoms with van der Waals surface area (Å²) in [4.78, 5) is 33.5. The third kappa shape index (κ3) is 6.57. The van der Waals surface area contributed by atoms with E-state index >= 15 is 0 Å². The highest BCUT2D eigenvalue weighted by Gasteiger charge is 2.31. The SMILES string of the molecule is CCOC(=O)[C@@H]1CCCN(C(=O)c2coc(CN(Cc3ccc(F)cc3)Cc3ccccc3C)n2)C1. The number of nitrogens with zero attached hydrogens (tertiary/aromatic N) is 3. The van der Waals surface area contributed by atoms with Crippen LogP contribution in [0.15, 0.2) is 59.2 Å². The number of carbonyl (C=O) groups excluding carboxylic acids is 2. The van der Waals surface area contributed by atoms with Crippen LogP contribution < -0.4 is 0 Å². The zero-order valence-corrected chi connectivity index (χ0v) is 20.8. The van der Waals surface area contributed by atoms with Crippen LogP contribution in [0.3, 0.4) is 0 Å². The molecule has 1 aliphatic heterocycles. The molecule has 2 heterocycles. The van der Waals surface area contributed by atoms with E-state index in [0.29, 0.717) is 51.6 Å². The molecule has 36 heavy (non-hydrogen) atoms. The number of carbonyl (C=O) groups is 2. The molecule has 1 fully saturated rings. The highest BCUT2D eigenvalue weighted by Crippen LogP contribution is 2.21. The van der Waals surface area contributed by atoms with Crippen molar-refractivity contribution in [3.05, 3.63) is 88.9 Å². The molecule has 0 unspecified atom stereocenters. The number of piperidine rings is 1. The topological polar surface area (TPSA) is 75.9 Å². The molecule has 0 aliphatic carbocycles. The number of hydrogen-bond donors (Lipinski definition) is 0. The van der Waals surface area contributed by atoms with Gasteiger partial charge in [0.05, 0.1) is 19.1 Å². The van der Waals surface area contributed by atoms with Gasteiger partial charge in [-0.15, -0.1) is 0 Å². The summed E-state index contributed by atoms with van der Waals surface area (Å²) in [6, 6.07) is 14.6. The molecule has 1 aliphatic rings. The van der Waals surface area contributed by atoms with Crippen LogP contribution in [0.25, 0.3) is 0 Å². The molecule has 1 saturated heterocycles. The highest BCUT2D eigenvalue weighted by molar-refractivity contribution is 5.92. The molecule has 1 atom stereocenters. The Morgan fingerprint density at radius 3 is 2.67 bits per heavy atom. The number of oxazole rings is 1. The maximum atomic E-state index is 13.4. The number of halogens is 1. The Kier molecular flexibility index (Phi) is 8.48. The second-order valence-electron chi connectivity index (χ2n) is 9.17. The van der Waals surface area contributed by atoms with Crippen molar-refractivity contribution in [2.45, 2.75) is 46.3 Å². The summed E-state index contributed by atoms with van der Waals surface area (Å²) in [6.45, 7) is 6.65. The number of esters is 1. The maximum absolute atomic E-state index is 13.4. The molecule has 0 spiro atoms. The second kappa shape index (κ2) is 11.9. The van der Waals surface area contributed by atoms with Crippen molar-refractivity contribution in [1.82, 2.24) is 14.8 Å². The van der Waals surface area contributed by atoms with Crippen LogP contribution in [0, 0.1) is 18.7 Å². The average molecular weight is 494 g/mol. The summed E-state index contributed by atoms with van der Waals surface area (Å²) in [5.74, 6) is -0.670. The fourth-order valence-corrected chi connectivity index (χ4v) is 4.49. The van der Waals surface area contributed by atoms with Gasteiger partial charge in [-0.05, 0) is 55.5 Å². The van der Waals surface area contributed by atoms with Crippen molar-refractivity contribution < 1.29 is 23.1 Å². The van der Waals surface area contributed by atoms with Gasteiger partial charge in [0.2, 0.25) is 5.89 Å². The largest absolute Gasteiger partial charge is 0.466 e.